The van der Waals surface area contributed by atoms with Gasteiger partial charge in [-0.25, -0.2) is 0 Å². The molecule has 0 unspecified atom stereocenters. The van der Waals surface area contributed by atoms with E-state index in [1.54, 1.807) is 6.20 Å². The molecule has 0 aliphatic heterocycles. The predicted molar refractivity (Wildman–Crippen MR) is 77.9 cm³/mol. The summed E-state index contributed by atoms with van der Waals surface area (Å²) in [6.45, 7) is 3.55. The number of aromatic nitrogens is 2. The van der Waals surface area contributed by atoms with E-state index in [2.05, 4.69) is 5.10 Å². The molecule has 5 heteroatoms. The minimum Gasteiger partial charge on any atom is -0.490 e. The number of hydrogen-bond donors (Lipinski definition) is 1. The van der Waals surface area contributed by atoms with Gasteiger partial charge in [-0.3, -0.25) is 4.68 Å². The molecule has 0 radical (unpaired) electrons. The van der Waals surface area contributed by atoms with Crippen LogP contribution >= 0.6 is 0 Å². The van der Waals surface area contributed by atoms with Crippen molar-refractivity contribution in [3.8, 4) is 11.5 Å². The number of nitrogens with zero attached hydrogens (tertiary/aromatic N) is 2. The molecule has 2 rings (SSSR count). The van der Waals surface area contributed by atoms with Crippen molar-refractivity contribution in [2.75, 3.05) is 13.2 Å². The third kappa shape index (κ3) is 3.30. The third-order valence-corrected chi connectivity index (χ3v) is 3.11. The maximum absolute atomic E-state index is 5.89. The van der Waals surface area contributed by atoms with E-state index >= 15 is 0 Å². The second kappa shape index (κ2) is 6.96. The van der Waals surface area contributed by atoms with Gasteiger partial charge < -0.3 is 15.2 Å². The van der Waals surface area contributed by atoms with Crippen LogP contribution in [0.1, 0.15) is 18.2 Å². The number of benzene rings is 1. The van der Waals surface area contributed by atoms with Crippen molar-refractivity contribution in [2.45, 2.75) is 19.9 Å². The lowest BCUT2D eigenvalue weighted by Crippen LogP contribution is -2.09. The van der Waals surface area contributed by atoms with Gasteiger partial charge >= 0.3 is 0 Å². The number of hydrogen-bond acceptors (Lipinski definition) is 4. The Morgan fingerprint density at radius 3 is 2.75 bits per heavy atom. The van der Waals surface area contributed by atoms with Crippen LogP contribution in [-0.4, -0.2) is 23.0 Å². The monoisotopic (exact) mass is 275 g/mol. The third-order valence-electron chi connectivity index (χ3n) is 3.11. The molecule has 2 aromatic rings. The van der Waals surface area contributed by atoms with Gasteiger partial charge in [0.05, 0.1) is 13.2 Å². The molecular formula is C15H21N3O2. The van der Waals surface area contributed by atoms with E-state index in [9.17, 15) is 0 Å². The van der Waals surface area contributed by atoms with Crippen molar-refractivity contribution in [1.82, 2.24) is 9.78 Å². The van der Waals surface area contributed by atoms with E-state index in [4.69, 9.17) is 15.2 Å². The Labute approximate surface area is 119 Å². The van der Waals surface area contributed by atoms with Gasteiger partial charge in [-0.1, -0.05) is 12.1 Å². The van der Waals surface area contributed by atoms with Crippen LogP contribution in [-0.2, 0) is 20.0 Å². The Morgan fingerprint density at radius 1 is 1.25 bits per heavy atom. The largest absolute Gasteiger partial charge is 0.490 e. The molecule has 1 aromatic carbocycles. The molecule has 5 nitrogen and oxygen atoms in total. The Morgan fingerprint density at radius 2 is 2.10 bits per heavy atom. The van der Waals surface area contributed by atoms with Gasteiger partial charge in [-0.05, 0) is 19.1 Å². The highest BCUT2D eigenvalue weighted by molar-refractivity contribution is 5.46. The average molecular weight is 275 g/mol. The standard InChI is InChI=1S/C15H21N3O2/c1-3-19-14-6-4-5-12(11-16)15(14)20-10-8-13-7-9-17-18(13)2/h4-7,9H,3,8,10-11,16H2,1-2H3. The smallest absolute Gasteiger partial charge is 0.165 e. The molecule has 0 saturated carbocycles. The summed E-state index contributed by atoms with van der Waals surface area (Å²) in [6, 6.07) is 7.78. The number of rotatable bonds is 7. The van der Waals surface area contributed by atoms with Crippen molar-refractivity contribution in [3.05, 3.63) is 41.7 Å². The fraction of sp³-hybridized carbons (Fsp3) is 0.400. The van der Waals surface area contributed by atoms with Gasteiger partial charge in [-0.15, -0.1) is 0 Å². The predicted octanol–water partition coefficient (Wildman–Crippen LogP) is 1.90. The van der Waals surface area contributed by atoms with E-state index in [1.807, 2.05) is 42.9 Å². The van der Waals surface area contributed by atoms with E-state index in [0.29, 0.717) is 19.8 Å². The van der Waals surface area contributed by atoms with Crippen molar-refractivity contribution in [2.24, 2.45) is 12.8 Å². The Balaban J connectivity index is 2.05. The molecular weight excluding hydrogens is 254 g/mol. The van der Waals surface area contributed by atoms with Crippen LogP contribution < -0.4 is 15.2 Å². The summed E-state index contributed by atoms with van der Waals surface area (Å²) in [5.74, 6) is 1.50. The first-order valence-electron chi connectivity index (χ1n) is 6.80. The summed E-state index contributed by atoms with van der Waals surface area (Å²) in [5, 5.41) is 4.14. The zero-order valence-electron chi connectivity index (χ0n) is 12.0. The quantitative estimate of drug-likeness (QED) is 0.838. The Bertz CT molecular complexity index is 552. The molecule has 1 aromatic heterocycles. The maximum Gasteiger partial charge on any atom is 0.165 e. The number of ether oxygens (including phenoxy) is 2. The molecule has 0 bridgehead atoms. The van der Waals surface area contributed by atoms with Gasteiger partial charge in [0.2, 0.25) is 0 Å². The zero-order valence-corrected chi connectivity index (χ0v) is 12.0. The average Bonchev–Trinajstić information content (AvgIpc) is 2.86. The summed E-state index contributed by atoms with van der Waals surface area (Å²) in [4.78, 5) is 0. The molecule has 0 saturated heterocycles. The minimum atomic E-state index is 0.432. The molecule has 0 aliphatic carbocycles. The number of nitrogens with two attached hydrogens (primary N) is 1. The van der Waals surface area contributed by atoms with Crippen LogP contribution in [0.2, 0.25) is 0 Å². The van der Waals surface area contributed by atoms with Gasteiger partial charge in [0.25, 0.3) is 0 Å². The molecule has 1 heterocycles. The highest BCUT2D eigenvalue weighted by Crippen LogP contribution is 2.31. The van der Waals surface area contributed by atoms with Crippen molar-refractivity contribution in [1.29, 1.82) is 0 Å². The van der Waals surface area contributed by atoms with Gasteiger partial charge in [-0.2, -0.15) is 5.10 Å². The summed E-state index contributed by atoms with van der Waals surface area (Å²) < 4.78 is 13.3. The second-order valence-corrected chi connectivity index (χ2v) is 4.43. The zero-order chi connectivity index (χ0) is 14.4. The van der Waals surface area contributed by atoms with Crippen LogP contribution in [0, 0.1) is 0 Å². The highest BCUT2D eigenvalue weighted by atomic mass is 16.5. The topological polar surface area (TPSA) is 62.3 Å². The van der Waals surface area contributed by atoms with Crippen LogP contribution in [0.5, 0.6) is 11.5 Å². The molecule has 2 N–H and O–H groups in total. The minimum absolute atomic E-state index is 0.432. The van der Waals surface area contributed by atoms with E-state index in [-0.39, 0.29) is 0 Å². The molecule has 0 amide bonds. The number of aryl methyl sites for hydroxylation is 1. The summed E-state index contributed by atoms with van der Waals surface area (Å²) in [5.41, 5.74) is 7.85. The molecule has 0 atom stereocenters. The second-order valence-electron chi connectivity index (χ2n) is 4.43. The fourth-order valence-corrected chi connectivity index (χ4v) is 2.06. The Kier molecular flexibility index (Phi) is 5.01. The molecule has 20 heavy (non-hydrogen) atoms. The SMILES string of the molecule is CCOc1cccc(CN)c1OCCc1ccnn1C. The lowest BCUT2D eigenvalue weighted by Gasteiger charge is -2.15. The maximum atomic E-state index is 5.89. The lowest BCUT2D eigenvalue weighted by molar-refractivity contribution is 0.275. The van der Waals surface area contributed by atoms with Crippen molar-refractivity contribution >= 4 is 0 Å². The summed E-state index contributed by atoms with van der Waals surface area (Å²) in [6.07, 6.45) is 2.58. The van der Waals surface area contributed by atoms with Crippen LogP contribution in [0.25, 0.3) is 0 Å². The molecule has 0 fully saturated rings. The van der Waals surface area contributed by atoms with Crippen molar-refractivity contribution in [3.63, 3.8) is 0 Å². The Hall–Kier alpha value is -2.01. The first kappa shape index (κ1) is 14.4. The van der Waals surface area contributed by atoms with E-state index in [1.165, 1.54) is 0 Å². The molecule has 0 aliphatic rings. The van der Waals surface area contributed by atoms with Crippen LogP contribution in [0.4, 0.5) is 0 Å². The first-order chi connectivity index (χ1) is 9.76. The van der Waals surface area contributed by atoms with Crippen molar-refractivity contribution < 1.29 is 9.47 Å². The summed E-state index contributed by atoms with van der Waals surface area (Å²) >= 11 is 0. The van der Waals surface area contributed by atoms with Crippen LogP contribution in [0.3, 0.4) is 0 Å². The number of para-hydroxylation sites is 1. The highest BCUT2D eigenvalue weighted by Gasteiger charge is 2.10. The van der Waals surface area contributed by atoms with Gasteiger partial charge in [0.1, 0.15) is 0 Å². The lowest BCUT2D eigenvalue weighted by atomic mass is 10.2. The fourth-order valence-electron chi connectivity index (χ4n) is 2.06. The summed E-state index contributed by atoms with van der Waals surface area (Å²) in [7, 11) is 1.93. The van der Waals surface area contributed by atoms with Gasteiger partial charge in [0, 0.05) is 37.5 Å². The molecule has 0 spiro atoms. The van der Waals surface area contributed by atoms with E-state index < -0.39 is 0 Å². The normalized spacial score (nSPS) is 10.6. The first-order valence-corrected chi connectivity index (χ1v) is 6.80. The van der Waals surface area contributed by atoms with E-state index in [0.717, 1.165) is 29.2 Å². The molecule has 108 valence electrons. The van der Waals surface area contributed by atoms with Crippen LogP contribution in [0.15, 0.2) is 30.5 Å². The van der Waals surface area contributed by atoms with Gasteiger partial charge in [0.15, 0.2) is 11.5 Å².